The number of halogens is 1. The average Bonchev–Trinajstić information content (AvgIpc) is 2.73. The number of benzene rings is 2. The molecular weight excluding hydrogens is 393 g/mol. The minimum absolute atomic E-state index is 0.00264. The fraction of sp³-hybridized carbons (Fsp3) is 0.381. The molecular formula is C21H26FN3O3S. The van der Waals surface area contributed by atoms with Gasteiger partial charge in [-0.15, -0.1) is 0 Å². The van der Waals surface area contributed by atoms with Gasteiger partial charge in [-0.05, 0) is 74.2 Å². The number of hydrogen-bond donors (Lipinski definition) is 2. The second kappa shape index (κ2) is 9.84. The first-order chi connectivity index (χ1) is 13.9. The lowest BCUT2D eigenvalue weighted by Crippen LogP contribution is -2.29. The van der Waals surface area contributed by atoms with Crippen LogP contribution in [0.25, 0.3) is 0 Å². The van der Waals surface area contributed by atoms with E-state index >= 15 is 0 Å². The van der Waals surface area contributed by atoms with E-state index in [1.54, 1.807) is 0 Å². The van der Waals surface area contributed by atoms with Crippen molar-refractivity contribution in [3.63, 3.8) is 0 Å². The largest absolute Gasteiger partial charge is 0.372 e. The number of anilines is 2. The molecule has 0 atom stereocenters. The molecule has 0 bridgehead atoms. The maximum Gasteiger partial charge on any atom is 0.240 e. The minimum Gasteiger partial charge on any atom is -0.372 e. The molecule has 1 amide bonds. The molecule has 8 heteroatoms. The lowest BCUT2D eigenvalue weighted by Gasteiger charge is -2.28. The van der Waals surface area contributed by atoms with Crippen LogP contribution in [0.1, 0.15) is 32.1 Å². The van der Waals surface area contributed by atoms with Crippen molar-refractivity contribution in [2.24, 2.45) is 0 Å². The fourth-order valence-corrected chi connectivity index (χ4v) is 4.36. The highest BCUT2D eigenvalue weighted by atomic mass is 32.2. The SMILES string of the molecule is O=C(CCCNS(=O)(=O)c1ccc(F)cc1)Nc1ccc(N2CCCCC2)cc1. The molecule has 1 saturated heterocycles. The number of sulfonamides is 1. The molecule has 1 aliphatic heterocycles. The summed E-state index contributed by atoms with van der Waals surface area (Å²) in [6.07, 6.45) is 4.26. The van der Waals surface area contributed by atoms with Crippen molar-refractivity contribution >= 4 is 27.3 Å². The van der Waals surface area contributed by atoms with Gasteiger partial charge in [-0.2, -0.15) is 0 Å². The van der Waals surface area contributed by atoms with E-state index in [-0.39, 0.29) is 23.8 Å². The first kappa shape index (κ1) is 21.3. The van der Waals surface area contributed by atoms with Gasteiger partial charge in [0.1, 0.15) is 5.82 Å². The van der Waals surface area contributed by atoms with E-state index in [9.17, 15) is 17.6 Å². The van der Waals surface area contributed by atoms with E-state index in [1.165, 1.54) is 31.4 Å². The lowest BCUT2D eigenvalue weighted by molar-refractivity contribution is -0.116. The van der Waals surface area contributed by atoms with Crippen LogP contribution in [0.4, 0.5) is 15.8 Å². The predicted octanol–water partition coefficient (Wildman–Crippen LogP) is 3.51. The van der Waals surface area contributed by atoms with Crippen molar-refractivity contribution < 1.29 is 17.6 Å². The van der Waals surface area contributed by atoms with Crippen molar-refractivity contribution in [2.45, 2.75) is 37.0 Å². The Balaban J connectivity index is 1.41. The Bertz CT molecular complexity index is 909. The summed E-state index contributed by atoms with van der Waals surface area (Å²) in [5.41, 5.74) is 1.89. The van der Waals surface area contributed by atoms with Gasteiger partial charge in [0.25, 0.3) is 0 Å². The molecule has 2 aromatic rings. The van der Waals surface area contributed by atoms with Crippen LogP contribution in [0, 0.1) is 5.82 Å². The van der Waals surface area contributed by atoms with Gasteiger partial charge in [-0.25, -0.2) is 17.5 Å². The highest BCUT2D eigenvalue weighted by Crippen LogP contribution is 2.22. The van der Waals surface area contributed by atoms with E-state index < -0.39 is 15.8 Å². The van der Waals surface area contributed by atoms with Crippen LogP contribution < -0.4 is 14.9 Å². The second-order valence-electron chi connectivity index (χ2n) is 7.10. The molecule has 2 N–H and O–H groups in total. The van der Waals surface area contributed by atoms with Crippen LogP contribution >= 0.6 is 0 Å². The van der Waals surface area contributed by atoms with Gasteiger partial charge in [0.15, 0.2) is 0 Å². The third-order valence-corrected chi connectivity index (χ3v) is 6.35. The normalized spacial score (nSPS) is 14.6. The molecule has 29 heavy (non-hydrogen) atoms. The van der Waals surface area contributed by atoms with Gasteiger partial charge < -0.3 is 10.2 Å². The van der Waals surface area contributed by atoms with E-state index in [4.69, 9.17) is 0 Å². The Kier molecular flexibility index (Phi) is 7.22. The van der Waals surface area contributed by atoms with E-state index in [0.717, 1.165) is 36.6 Å². The number of rotatable bonds is 8. The zero-order chi connectivity index (χ0) is 20.7. The van der Waals surface area contributed by atoms with Crippen molar-refractivity contribution in [2.75, 3.05) is 29.9 Å². The third-order valence-electron chi connectivity index (χ3n) is 4.87. The highest BCUT2D eigenvalue weighted by Gasteiger charge is 2.14. The number of nitrogens with one attached hydrogen (secondary N) is 2. The summed E-state index contributed by atoms with van der Waals surface area (Å²) in [4.78, 5) is 14.4. The van der Waals surface area contributed by atoms with Crippen molar-refractivity contribution in [1.82, 2.24) is 4.72 Å². The summed E-state index contributed by atoms with van der Waals surface area (Å²) >= 11 is 0. The van der Waals surface area contributed by atoms with E-state index in [0.29, 0.717) is 6.42 Å². The fourth-order valence-electron chi connectivity index (χ4n) is 3.28. The average molecular weight is 420 g/mol. The Morgan fingerprint density at radius 1 is 0.966 bits per heavy atom. The number of piperidine rings is 1. The third kappa shape index (κ3) is 6.27. The van der Waals surface area contributed by atoms with Crippen LogP contribution in [-0.2, 0) is 14.8 Å². The number of carbonyl (C=O) groups excluding carboxylic acids is 1. The summed E-state index contributed by atoms with van der Waals surface area (Å²) in [7, 11) is -3.70. The van der Waals surface area contributed by atoms with E-state index in [2.05, 4.69) is 14.9 Å². The predicted molar refractivity (Wildman–Crippen MR) is 112 cm³/mol. The Morgan fingerprint density at radius 2 is 1.62 bits per heavy atom. The van der Waals surface area contributed by atoms with Crippen LogP contribution in [-0.4, -0.2) is 34.0 Å². The quantitative estimate of drug-likeness (QED) is 0.642. The number of amides is 1. The first-order valence-electron chi connectivity index (χ1n) is 9.84. The molecule has 1 heterocycles. The molecule has 0 saturated carbocycles. The van der Waals surface area contributed by atoms with Gasteiger partial charge >= 0.3 is 0 Å². The molecule has 2 aromatic carbocycles. The van der Waals surface area contributed by atoms with Crippen LogP contribution in [0.5, 0.6) is 0 Å². The van der Waals surface area contributed by atoms with Crippen LogP contribution in [0.15, 0.2) is 53.4 Å². The molecule has 0 radical (unpaired) electrons. The van der Waals surface area contributed by atoms with Crippen LogP contribution in [0.2, 0.25) is 0 Å². The second-order valence-corrected chi connectivity index (χ2v) is 8.86. The Labute approximate surface area is 171 Å². The van der Waals surface area contributed by atoms with E-state index in [1.807, 2.05) is 24.3 Å². The van der Waals surface area contributed by atoms with Gasteiger partial charge in [-0.3, -0.25) is 4.79 Å². The summed E-state index contributed by atoms with van der Waals surface area (Å²) < 4.78 is 39.5. The smallest absolute Gasteiger partial charge is 0.240 e. The van der Waals surface area contributed by atoms with Gasteiger partial charge in [0, 0.05) is 37.4 Å². The van der Waals surface area contributed by atoms with Gasteiger partial charge in [0.05, 0.1) is 4.90 Å². The standard InChI is InChI=1S/C21H26FN3O3S/c22-17-6-12-20(13-7-17)29(27,28)23-14-4-5-21(26)24-18-8-10-19(11-9-18)25-15-2-1-3-16-25/h6-13,23H,1-5,14-16H2,(H,24,26). The molecule has 1 fully saturated rings. The Hall–Kier alpha value is -2.45. The molecule has 0 unspecified atom stereocenters. The van der Waals surface area contributed by atoms with Crippen molar-refractivity contribution in [1.29, 1.82) is 0 Å². The molecule has 3 rings (SSSR count). The number of nitrogens with zero attached hydrogens (tertiary/aromatic N) is 1. The monoisotopic (exact) mass is 419 g/mol. The summed E-state index contributed by atoms with van der Waals surface area (Å²) in [6, 6.07) is 12.4. The molecule has 0 spiro atoms. The van der Waals surface area contributed by atoms with Crippen molar-refractivity contribution in [3.8, 4) is 0 Å². The molecule has 156 valence electrons. The zero-order valence-corrected chi connectivity index (χ0v) is 17.1. The van der Waals surface area contributed by atoms with Crippen LogP contribution in [0.3, 0.4) is 0 Å². The molecule has 1 aliphatic rings. The first-order valence-corrected chi connectivity index (χ1v) is 11.3. The topological polar surface area (TPSA) is 78.5 Å². The summed E-state index contributed by atoms with van der Waals surface area (Å²) in [5, 5.41) is 2.83. The minimum atomic E-state index is -3.70. The molecule has 6 nitrogen and oxygen atoms in total. The summed E-state index contributed by atoms with van der Waals surface area (Å²) in [5.74, 6) is -0.665. The summed E-state index contributed by atoms with van der Waals surface area (Å²) in [6.45, 7) is 2.26. The highest BCUT2D eigenvalue weighted by molar-refractivity contribution is 7.89. The van der Waals surface area contributed by atoms with Crippen molar-refractivity contribution in [3.05, 3.63) is 54.3 Å². The van der Waals surface area contributed by atoms with Gasteiger partial charge in [-0.1, -0.05) is 0 Å². The maximum absolute atomic E-state index is 12.9. The number of hydrogen-bond acceptors (Lipinski definition) is 4. The lowest BCUT2D eigenvalue weighted by atomic mass is 10.1. The number of carbonyl (C=O) groups is 1. The maximum atomic E-state index is 12.9. The zero-order valence-electron chi connectivity index (χ0n) is 16.2. The Morgan fingerprint density at radius 3 is 2.28 bits per heavy atom. The van der Waals surface area contributed by atoms with Gasteiger partial charge in [0.2, 0.25) is 15.9 Å². The molecule has 0 aromatic heterocycles. The molecule has 0 aliphatic carbocycles.